The van der Waals surface area contributed by atoms with Crippen molar-refractivity contribution in [2.45, 2.75) is 23.6 Å². The minimum Gasteiger partial charge on any atom is -0.295 e. The quantitative estimate of drug-likeness (QED) is 0.744. The van der Waals surface area contributed by atoms with Crippen LogP contribution in [-0.4, -0.2) is 5.78 Å². The van der Waals surface area contributed by atoms with E-state index < -0.39 is 0 Å². The molecule has 0 N–H and O–H groups in total. The summed E-state index contributed by atoms with van der Waals surface area (Å²) in [7, 11) is 0. The van der Waals surface area contributed by atoms with Gasteiger partial charge in [-0.05, 0) is 38.1 Å². The van der Waals surface area contributed by atoms with Crippen LogP contribution in [0.5, 0.6) is 0 Å². The Hall–Kier alpha value is -1.54. The molecule has 0 bridgehead atoms. The fraction of sp³-hybridized carbons (Fsp3) is 0.133. The molecule has 2 heteroatoms. The van der Waals surface area contributed by atoms with Gasteiger partial charge in [-0.15, -0.1) is 0 Å². The zero-order valence-electron chi connectivity index (χ0n) is 9.94. The Balaban J connectivity index is 2.13. The maximum absolute atomic E-state index is 11.1. The number of hydrogen-bond acceptors (Lipinski definition) is 2. The first-order valence-corrected chi connectivity index (χ1v) is 6.32. The van der Waals surface area contributed by atoms with Crippen LogP contribution in [0.25, 0.3) is 0 Å². The molecule has 0 aliphatic heterocycles. The Morgan fingerprint density at radius 1 is 0.882 bits per heavy atom. The summed E-state index contributed by atoms with van der Waals surface area (Å²) >= 11 is 1.71. The zero-order chi connectivity index (χ0) is 12.3. The lowest BCUT2D eigenvalue weighted by Gasteiger charge is -2.03. The average Bonchev–Trinajstić information content (AvgIpc) is 2.33. The van der Waals surface area contributed by atoms with Crippen LogP contribution >= 0.6 is 11.8 Å². The van der Waals surface area contributed by atoms with Crippen molar-refractivity contribution in [3.05, 3.63) is 59.7 Å². The monoisotopic (exact) mass is 242 g/mol. The van der Waals surface area contributed by atoms with Gasteiger partial charge in [0.15, 0.2) is 5.78 Å². The minimum absolute atomic E-state index is 0.108. The van der Waals surface area contributed by atoms with E-state index in [1.54, 1.807) is 18.7 Å². The summed E-state index contributed by atoms with van der Waals surface area (Å²) in [6.45, 7) is 3.66. The van der Waals surface area contributed by atoms with Gasteiger partial charge in [-0.1, -0.05) is 41.6 Å². The SMILES string of the molecule is CC(=O)c1ccc(Sc2ccc(C)cc2)cc1. The number of carbonyl (C=O) groups is 1. The number of ketones is 1. The summed E-state index contributed by atoms with van der Waals surface area (Å²) in [6, 6.07) is 16.1. The molecule has 0 heterocycles. The zero-order valence-corrected chi connectivity index (χ0v) is 10.8. The number of aryl methyl sites for hydroxylation is 1. The number of hydrogen-bond donors (Lipinski definition) is 0. The molecule has 0 aliphatic rings. The van der Waals surface area contributed by atoms with Gasteiger partial charge in [0.1, 0.15) is 0 Å². The first-order chi connectivity index (χ1) is 8.15. The van der Waals surface area contributed by atoms with Crippen LogP contribution in [0.3, 0.4) is 0 Å². The number of benzene rings is 2. The van der Waals surface area contributed by atoms with Gasteiger partial charge in [-0.3, -0.25) is 4.79 Å². The Morgan fingerprint density at radius 2 is 1.35 bits per heavy atom. The highest BCUT2D eigenvalue weighted by Crippen LogP contribution is 2.27. The standard InChI is InChI=1S/C15H14OS/c1-11-3-7-14(8-4-11)17-15-9-5-13(6-10-15)12(2)16/h3-10H,1-2H3. The van der Waals surface area contributed by atoms with Crippen LogP contribution in [0.15, 0.2) is 58.3 Å². The fourth-order valence-corrected chi connectivity index (χ4v) is 2.32. The van der Waals surface area contributed by atoms with E-state index in [1.165, 1.54) is 10.5 Å². The van der Waals surface area contributed by atoms with E-state index in [-0.39, 0.29) is 5.78 Å². The van der Waals surface area contributed by atoms with Crippen molar-refractivity contribution in [1.82, 2.24) is 0 Å². The topological polar surface area (TPSA) is 17.1 Å². The number of Topliss-reactive ketones (excluding diaryl/α,β-unsaturated/α-hetero) is 1. The maximum Gasteiger partial charge on any atom is 0.159 e. The van der Waals surface area contributed by atoms with Gasteiger partial charge in [0.2, 0.25) is 0 Å². The lowest BCUT2D eigenvalue weighted by atomic mass is 10.2. The van der Waals surface area contributed by atoms with Crippen LogP contribution in [0.4, 0.5) is 0 Å². The Bertz CT molecular complexity index is 512. The lowest BCUT2D eigenvalue weighted by molar-refractivity contribution is 0.101. The van der Waals surface area contributed by atoms with Crippen molar-refractivity contribution in [1.29, 1.82) is 0 Å². The van der Waals surface area contributed by atoms with Gasteiger partial charge in [0, 0.05) is 15.4 Å². The molecule has 0 saturated heterocycles. The Morgan fingerprint density at radius 3 is 1.82 bits per heavy atom. The van der Waals surface area contributed by atoms with Gasteiger partial charge < -0.3 is 0 Å². The normalized spacial score (nSPS) is 10.2. The summed E-state index contributed by atoms with van der Waals surface area (Å²) in [5, 5.41) is 0. The third kappa shape index (κ3) is 3.21. The third-order valence-electron chi connectivity index (χ3n) is 2.52. The number of carbonyl (C=O) groups excluding carboxylic acids is 1. The van der Waals surface area contributed by atoms with Crippen molar-refractivity contribution < 1.29 is 4.79 Å². The van der Waals surface area contributed by atoms with E-state index in [4.69, 9.17) is 0 Å². The largest absolute Gasteiger partial charge is 0.295 e. The van der Waals surface area contributed by atoms with Gasteiger partial charge in [0.05, 0.1) is 0 Å². The molecule has 2 rings (SSSR count). The second kappa shape index (κ2) is 5.19. The summed E-state index contributed by atoms with van der Waals surface area (Å²) in [5.41, 5.74) is 2.03. The molecule has 86 valence electrons. The predicted octanol–water partition coefficient (Wildman–Crippen LogP) is 4.35. The Labute approximate surface area is 106 Å². The van der Waals surface area contributed by atoms with Gasteiger partial charge >= 0.3 is 0 Å². The molecular weight excluding hydrogens is 228 g/mol. The molecule has 0 radical (unpaired) electrons. The molecule has 0 spiro atoms. The van der Waals surface area contributed by atoms with E-state index in [1.807, 2.05) is 24.3 Å². The maximum atomic E-state index is 11.1. The first kappa shape index (κ1) is 11.9. The number of rotatable bonds is 3. The van der Waals surface area contributed by atoms with Crippen molar-refractivity contribution in [2.24, 2.45) is 0 Å². The molecule has 0 unspecified atom stereocenters. The van der Waals surface area contributed by atoms with Gasteiger partial charge in [0.25, 0.3) is 0 Å². The highest BCUT2D eigenvalue weighted by Gasteiger charge is 2.00. The fourth-order valence-electron chi connectivity index (χ4n) is 1.50. The molecule has 0 atom stereocenters. The second-order valence-electron chi connectivity index (χ2n) is 4.00. The summed E-state index contributed by atoms with van der Waals surface area (Å²) in [5.74, 6) is 0.108. The average molecular weight is 242 g/mol. The molecule has 17 heavy (non-hydrogen) atoms. The highest BCUT2D eigenvalue weighted by molar-refractivity contribution is 7.99. The molecule has 0 aliphatic carbocycles. The van der Waals surface area contributed by atoms with E-state index in [0.717, 1.165) is 10.5 Å². The van der Waals surface area contributed by atoms with Crippen LogP contribution in [0.1, 0.15) is 22.8 Å². The highest BCUT2D eigenvalue weighted by atomic mass is 32.2. The summed E-state index contributed by atoms with van der Waals surface area (Å²) in [6.07, 6.45) is 0. The van der Waals surface area contributed by atoms with Crippen LogP contribution < -0.4 is 0 Å². The molecule has 0 fully saturated rings. The first-order valence-electron chi connectivity index (χ1n) is 5.51. The third-order valence-corrected chi connectivity index (χ3v) is 3.53. The van der Waals surface area contributed by atoms with Crippen LogP contribution in [0.2, 0.25) is 0 Å². The Kier molecular flexibility index (Phi) is 3.64. The van der Waals surface area contributed by atoms with E-state index in [0.29, 0.717) is 0 Å². The molecule has 2 aromatic rings. The summed E-state index contributed by atoms with van der Waals surface area (Å²) < 4.78 is 0. The minimum atomic E-state index is 0.108. The van der Waals surface area contributed by atoms with Crippen LogP contribution in [0, 0.1) is 6.92 Å². The smallest absolute Gasteiger partial charge is 0.159 e. The van der Waals surface area contributed by atoms with Crippen molar-refractivity contribution in [3.63, 3.8) is 0 Å². The van der Waals surface area contributed by atoms with E-state index >= 15 is 0 Å². The molecule has 1 nitrogen and oxygen atoms in total. The molecular formula is C15H14OS. The van der Waals surface area contributed by atoms with Crippen molar-refractivity contribution in [2.75, 3.05) is 0 Å². The van der Waals surface area contributed by atoms with Crippen LogP contribution in [-0.2, 0) is 0 Å². The van der Waals surface area contributed by atoms with Crippen molar-refractivity contribution >= 4 is 17.5 Å². The van der Waals surface area contributed by atoms with E-state index in [9.17, 15) is 4.79 Å². The lowest BCUT2D eigenvalue weighted by Crippen LogP contribution is -1.90. The van der Waals surface area contributed by atoms with E-state index in [2.05, 4.69) is 31.2 Å². The predicted molar refractivity (Wildman–Crippen MR) is 71.7 cm³/mol. The molecule has 2 aromatic carbocycles. The second-order valence-corrected chi connectivity index (χ2v) is 5.14. The van der Waals surface area contributed by atoms with Gasteiger partial charge in [-0.2, -0.15) is 0 Å². The van der Waals surface area contributed by atoms with Gasteiger partial charge in [-0.25, -0.2) is 0 Å². The van der Waals surface area contributed by atoms with Crippen molar-refractivity contribution in [3.8, 4) is 0 Å². The molecule has 0 saturated carbocycles. The molecule has 0 amide bonds. The molecule has 0 aromatic heterocycles. The summed E-state index contributed by atoms with van der Waals surface area (Å²) in [4.78, 5) is 13.5.